The predicted molar refractivity (Wildman–Crippen MR) is 111 cm³/mol. The number of fused-ring (bicyclic) bond motifs is 1. The van der Waals surface area contributed by atoms with Gasteiger partial charge in [-0.05, 0) is 30.5 Å². The number of thiazole rings is 1. The third-order valence-electron chi connectivity index (χ3n) is 5.11. The first kappa shape index (κ1) is 19.5. The van der Waals surface area contributed by atoms with Crippen LogP contribution in [0.4, 0.5) is 0 Å². The molecule has 0 radical (unpaired) electrons. The molecule has 0 unspecified atom stereocenters. The minimum atomic E-state index is -1.39. The molecule has 1 aromatic heterocycles. The Morgan fingerprint density at radius 2 is 1.93 bits per heavy atom. The van der Waals surface area contributed by atoms with E-state index < -0.39 is 12.1 Å². The van der Waals surface area contributed by atoms with Gasteiger partial charge in [-0.25, -0.2) is 9.78 Å². The van der Waals surface area contributed by atoms with Crippen molar-refractivity contribution in [2.75, 3.05) is 19.7 Å². The van der Waals surface area contributed by atoms with Crippen molar-refractivity contribution in [2.45, 2.75) is 24.9 Å². The van der Waals surface area contributed by atoms with Crippen molar-refractivity contribution in [3.8, 4) is 0 Å². The Hall–Kier alpha value is -2.77. The molecule has 4 rings (SSSR count). The molecule has 1 aliphatic heterocycles. The highest BCUT2D eigenvalue weighted by molar-refractivity contribution is 7.18. The van der Waals surface area contributed by atoms with E-state index in [4.69, 9.17) is 9.72 Å². The molecular weight excluding hydrogens is 388 g/mol. The predicted octanol–water partition coefficient (Wildman–Crippen LogP) is 3.28. The van der Waals surface area contributed by atoms with Crippen molar-refractivity contribution in [3.05, 3.63) is 65.2 Å². The van der Waals surface area contributed by atoms with E-state index in [-0.39, 0.29) is 18.4 Å². The fourth-order valence-electron chi connectivity index (χ4n) is 3.54. The average molecular weight is 410 g/mol. The number of carbonyl (C=O) groups excluding carboxylic acids is 2. The van der Waals surface area contributed by atoms with Crippen LogP contribution in [-0.4, -0.2) is 46.6 Å². The summed E-state index contributed by atoms with van der Waals surface area (Å²) in [5, 5.41) is 11.1. The van der Waals surface area contributed by atoms with Crippen molar-refractivity contribution < 1.29 is 19.4 Å². The van der Waals surface area contributed by atoms with Crippen LogP contribution in [0.1, 0.15) is 35.4 Å². The Morgan fingerprint density at radius 3 is 2.72 bits per heavy atom. The second-order valence-corrected chi connectivity index (χ2v) is 8.18. The van der Waals surface area contributed by atoms with Gasteiger partial charge in [0.25, 0.3) is 5.91 Å². The van der Waals surface area contributed by atoms with Gasteiger partial charge in [0.2, 0.25) is 0 Å². The standard InChI is InChI=1S/C22H22N2O4S/c25-19(14-28-22(27)20(26)15-7-2-1-3-8-15)24-12-6-9-16(13-24)21-23-17-10-4-5-11-18(17)29-21/h1-5,7-8,10-11,16,20,26H,6,9,12-14H2/t16-,20-/m1/s1. The Morgan fingerprint density at radius 1 is 1.17 bits per heavy atom. The molecule has 29 heavy (non-hydrogen) atoms. The molecule has 3 aromatic rings. The Bertz CT molecular complexity index is 971. The lowest BCUT2D eigenvalue weighted by Gasteiger charge is -2.31. The number of ether oxygens (including phenoxy) is 1. The molecule has 0 aliphatic carbocycles. The number of aliphatic hydroxyl groups excluding tert-OH is 1. The lowest BCUT2D eigenvalue weighted by atomic mass is 9.99. The fraction of sp³-hybridized carbons (Fsp3) is 0.318. The fourth-order valence-corrected chi connectivity index (χ4v) is 4.64. The zero-order valence-electron chi connectivity index (χ0n) is 15.9. The molecule has 1 fully saturated rings. The van der Waals surface area contributed by atoms with Gasteiger partial charge in [-0.1, -0.05) is 42.5 Å². The Kier molecular flexibility index (Phi) is 5.87. The lowest BCUT2D eigenvalue weighted by molar-refractivity contribution is -0.160. The number of carbonyl (C=O) groups is 2. The molecule has 1 amide bonds. The smallest absolute Gasteiger partial charge is 0.340 e. The van der Waals surface area contributed by atoms with Gasteiger partial charge in [0.05, 0.1) is 15.2 Å². The molecular formula is C22H22N2O4S. The van der Waals surface area contributed by atoms with Gasteiger partial charge in [-0.3, -0.25) is 4.79 Å². The van der Waals surface area contributed by atoms with Crippen LogP contribution >= 0.6 is 11.3 Å². The molecule has 150 valence electrons. The highest BCUT2D eigenvalue weighted by atomic mass is 32.1. The van der Waals surface area contributed by atoms with Crippen LogP contribution < -0.4 is 0 Å². The van der Waals surface area contributed by atoms with Crippen molar-refractivity contribution in [2.24, 2.45) is 0 Å². The number of aromatic nitrogens is 1. The summed E-state index contributed by atoms with van der Waals surface area (Å²) in [5.41, 5.74) is 1.43. The highest BCUT2D eigenvalue weighted by Gasteiger charge is 2.28. The lowest BCUT2D eigenvalue weighted by Crippen LogP contribution is -2.41. The number of piperidine rings is 1. The summed E-state index contributed by atoms with van der Waals surface area (Å²) in [5.74, 6) is -0.871. The van der Waals surface area contributed by atoms with E-state index in [0.29, 0.717) is 18.7 Å². The zero-order chi connectivity index (χ0) is 20.2. The molecule has 0 bridgehead atoms. The quantitative estimate of drug-likeness (QED) is 0.653. The molecule has 2 atom stereocenters. The second kappa shape index (κ2) is 8.71. The molecule has 1 saturated heterocycles. The maximum atomic E-state index is 12.6. The van der Waals surface area contributed by atoms with E-state index in [1.54, 1.807) is 46.6 Å². The molecule has 2 aromatic carbocycles. The Labute approximate surface area is 172 Å². The normalized spacial score (nSPS) is 17.8. The monoisotopic (exact) mass is 410 g/mol. The molecule has 2 heterocycles. The van der Waals surface area contributed by atoms with Gasteiger partial charge in [0, 0.05) is 19.0 Å². The molecule has 1 N–H and O–H groups in total. The topological polar surface area (TPSA) is 79.7 Å². The third-order valence-corrected chi connectivity index (χ3v) is 6.31. The summed E-state index contributed by atoms with van der Waals surface area (Å²) in [6, 6.07) is 16.6. The Balaban J connectivity index is 1.34. The van der Waals surface area contributed by atoms with Crippen molar-refractivity contribution in [3.63, 3.8) is 0 Å². The number of esters is 1. The molecule has 7 heteroatoms. The van der Waals surface area contributed by atoms with E-state index in [1.165, 1.54) is 0 Å². The minimum Gasteiger partial charge on any atom is -0.453 e. The first-order chi connectivity index (χ1) is 14.1. The van der Waals surface area contributed by atoms with Crippen LogP contribution in [0.3, 0.4) is 0 Å². The summed E-state index contributed by atoms with van der Waals surface area (Å²) in [6.45, 7) is 0.839. The van der Waals surface area contributed by atoms with Crippen LogP contribution in [0.25, 0.3) is 10.2 Å². The molecule has 0 saturated carbocycles. The van der Waals surface area contributed by atoms with Gasteiger partial charge in [-0.2, -0.15) is 0 Å². The van der Waals surface area contributed by atoms with Crippen LogP contribution in [0, 0.1) is 0 Å². The van der Waals surface area contributed by atoms with E-state index in [1.807, 2.05) is 18.2 Å². The van der Waals surface area contributed by atoms with E-state index in [9.17, 15) is 14.7 Å². The largest absolute Gasteiger partial charge is 0.453 e. The number of hydrogen-bond acceptors (Lipinski definition) is 6. The molecule has 6 nitrogen and oxygen atoms in total. The number of para-hydroxylation sites is 1. The van der Waals surface area contributed by atoms with Crippen LogP contribution in [-0.2, 0) is 14.3 Å². The van der Waals surface area contributed by atoms with E-state index in [0.717, 1.165) is 28.1 Å². The first-order valence-corrected chi connectivity index (χ1v) is 10.5. The minimum absolute atomic E-state index is 0.190. The van der Waals surface area contributed by atoms with Crippen molar-refractivity contribution in [1.29, 1.82) is 0 Å². The SMILES string of the molecule is O=C(OCC(=O)N1CCC[C@@H](c2nc3ccccc3s2)C1)[C@H](O)c1ccccc1. The first-order valence-electron chi connectivity index (χ1n) is 9.64. The molecule has 1 aliphatic rings. The highest BCUT2D eigenvalue weighted by Crippen LogP contribution is 2.33. The zero-order valence-corrected chi connectivity index (χ0v) is 16.7. The number of benzene rings is 2. The number of nitrogens with zero attached hydrogens (tertiary/aromatic N) is 2. The number of likely N-dealkylation sites (tertiary alicyclic amines) is 1. The summed E-state index contributed by atoms with van der Waals surface area (Å²) in [6.07, 6.45) is 0.476. The number of aliphatic hydroxyl groups is 1. The van der Waals surface area contributed by atoms with E-state index >= 15 is 0 Å². The van der Waals surface area contributed by atoms with Crippen molar-refractivity contribution >= 4 is 33.4 Å². The van der Waals surface area contributed by atoms with Gasteiger partial charge < -0.3 is 14.7 Å². The maximum absolute atomic E-state index is 12.6. The maximum Gasteiger partial charge on any atom is 0.340 e. The van der Waals surface area contributed by atoms with Crippen LogP contribution in [0.15, 0.2) is 54.6 Å². The van der Waals surface area contributed by atoms with Crippen molar-refractivity contribution in [1.82, 2.24) is 9.88 Å². The van der Waals surface area contributed by atoms with Crippen LogP contribution in [0.2, 0.25) is 0 Å². The van der Waals surface area contributed by atoms with Crippen LogP contribution in [0.5, 0.6) is 0 Å². The summed E-state index contributed by atoms with van der Waals surface area (Å²) in [7, 11) is 0. The molecule has 0 spiro atoms. The van der Waals surface area contributed by atoms with Gasteiger partial charge in [-0.15, -0.1) is 11.3 Å². The number of rotatable bonds is 5. The van der Waals surface area contributed by atoms with Gasteiger partial charge >= 0.3 is 5.97 Å². The number of amides is 1. The summed E-state index contributed by atoms with van der Waals surface area (Å²) < 4.78 is 6.22. The second-order valence-electron chi connectivity index (χ2n) is 7.12. The number of hydrogen-bond donors (Lipinski definition) is 1. The van der Waals surface area contributed by atoms with E-state index in [2.05, 4.69) is 6.07 Å². The third kappa shape index (κ3) is 4.46. The summed E-state index contributed by atoms with van der Waals surface area (Å²) in [4.78, 5) is 31.1. The average Bonchev–Trinajstić information content (AvgIpc) is 3.22. The van der Waals surface area contributed by atoms with Gasteiger partial charge in [0.15, 0.2) is 12.7 Å². The van der Waals surface area contributed by atoms with Gasteiger partial charge in [0.1, 0.15) is 0 Å². The summed E-state index contributed by atoms with van der Waals surface area (Å²) >= 11 is 1.67.